The molecule has 0 atom stereocenters. The van der Waals surface area contributed by atoms with Crippen LogP contribution in [0.3, 0.4) is 0 Å². The van der Waals surface area contributed by atoms with Crippen LogP contribution in [0, 0.1) is 0 Å². The average molecular weight is 659 g/mol. The molecule has 1 aliphatic rings. The minimum atomic E-state index is -0.775. The van der Waals surface area contributed by atoms with Gasteiger partial charge in [-0.1, -0.05) is 84.4 Å². The molecule has 5 aromatic rings. The lowest BCUT2D eigenvalue weighted by molar-refractivity contribution is -0.121. The lowest BCUT2D eigenvalue weighted by atomic mass is 10.0. The van der Waals surface area contributed by atoms with Crippen LogP contribution in [0.4, 0.5) is 16.2 Å². The Balaban J connectivity index is 1.30. The summed E-state index contributed by atoms with van der Waals surface area (Å²) in [5, 5.41) is 0.374. The summed E-state index contributed by atoms with van der Waals surface area (Å²) in [4.78, 5) is 43.4. The summed E-state index contributed by atoms with van der Waals surface area (Å²) in [5.41, 5.74) is 2.66. The van der Waals surface area contributed by atoms with E-state index in [1.807, 2.05) is 55.5 Å². The number of urea groups is 1. The number of carbonyl (C=O) groups is 3. The SMILES string of the molecule is CCOc1cc(COc2ccc(Cl)cc2C=C2C(=O)N(c3ccccc3)C(=O)N(c3ccccc3)C2=O)ccc1OCc1ccccc1. The quantitative estimate of drug-likeness (QED) is 0.105. The van der Waals surface area contributed by atoms with Crippen molar-refractivity contribution in [1.82, 2.24) is 0 Å². The average Bonchev–Trinajstić information content (AvgIpc) is 3.11. The lowest BCUT2D eigenvalue weighted by Gasteiger charge is -2.34. The third-order valence-corrected chi connectivity index (χ3v) is 7.72. The van der Waals surface area contributed by atoms with Crippen LogP contribution >= 0.6 is 11.6 Å². The monoisotopic (exact) mass is 658 g/mol. The number of amides is 4. The fourth-order valence-electron chi connectivity index (χ4n) is 5.18. The summed E-state index contributed by atoms with van der Waals surface area (Å²) in [7, 11) is 0. The number of halogens is 1. The van der Waals surface area contributed by atoms with Crippen molar-refractivity contribution in [2.75, 3.05) is 16.4 Å². The van der Waals surface area contributed by atoms with Gasteiger partial charge in [-0.3, -0.25) is 9.59 Å². The van der Waals surface area contributed by atoms with Gasteiger partial charge in [-0.05, 0) is 78.7 Å². The molecule has 0 spiro atoms. The van der Waals surface area contributed by atoms with Gasteiger partial charge in [0, 0.05) is 10.6 Å². The molecule has 0 unspecified atom stereocenters. The number of ether oxygens (including phenoxy) is 3. The first-order valence-electron chi connectivity index (χ1n) is 15.3. The van der Waals surface area contributed by atoms with E-state index in [0.717, 1.165) is 20.9 Å². The molecular weight excluding hydrogens is 628 g/mol. The molecule has 0 N–H and O–H groups in total. The van der Waals surface area contributed by atoms with Gasteiger partial charge >= 0.3 is 6.03 Å². The van der Waals surface area contributed by atoms with Crippen molar-refractivity contribution >= 4 is 46.9 Å². The van der Waals surface area contributed by atoms with E-state index in [1.165, 1.54) is 6.08 Å². The zero-order valence-corrected chi connectivity index (χ0v) is 26.8. The van der Waals surface area contributed by atoms with Gasteiger partial charge in [0.25, 0.3) is 11.8 Å². The molecular formula is C39H31ClN2O6. The second-order valence-corrected chi connectivity index (χ2v) is 11.2. The van der Waals surface area contributed by atoms with E-state index < -0.39 is 17.8 Å². The normalized spacial score (nSPS) is 13.0. The summed E-state index contributed by atoms with van der Waals surface area (Å²) < 4.78 is 18.1. The molecule has 9 heteroatoms. The summed E-state index contributed by atoms with van der Waals surface area (Å²) >= 11 is 6.38. The first-order valence-corrected chi connectivity index (χ1v) is 15.7. The molecule has 0 aromatic heterocycles. The number of benzene rings is 5. The van der Waals surface area contributed by atoms with E-state index in [9.17, 15) is 14.4 Å². The zero-order valence-electron chi connectivity index (χ0n) is 26.0. The maximum atomic E-state index is 13.9. The second-order valence-electron chi connectivity index (χ2n) is 10.8. The van der Waals surface area contributed by atoms with Crippen molar-refractivity contribution in [2.24, 2.45) is 0 Å². The number of hydrogen-bond donors (Lipinski definition) is 0. The van der Waals surface area contributed by atoms with Crippen LogP contribution in [0.1, 0.15) is 23.6 Å². The van der Waals surface area contributed by atoms with Gasteiger partial charge in [0.1, 0.15) is 24.5 Å². The fourth-order valence-corrected chi connectivity index (χ4v) is 5.36. The number of barbiturate groups is 1. The third-order valence-electron chi connectivity index (χ3n) is 7.49. The van der Waals surface area contributed by atoms with Crippen molar-refractivity contribution in [3.63, 3.8) is 0 Å². The van der Waals surface area contributed by atoms with Crippen LogP contribution < -0.4 is 24.0 Å². The summed E-state index contributed by atoms with van der Waals surface area (Å²) in [6.07, 6.45) is 1.41. The number of hydrogen-bond acceptors (Lipinski definition) is 6. The van der Waals surface area contributed by atoms with Gasteiger partial charge in [-0.2, -0.15) is 0 Å². The molecule has 1 heterocycles. The van der Waals surface area contributed by atoms with E-state index >= 15 is 0 Å². The minimum absolute atomic E-state index is 0.142. The highest BCUT2D eigenvalue weighted by atomic mass is 35.5. The van der Waals surface area contributed by atoms with E-state index in [-0.39, 0.29) is 12.2 Å². The minimum Gasteiger partial charge on any atom is -0.490 e. The summed E-state index contributed by atoms with van der Waals surface area (Å²) in [6, 6.07) is 36.5. The van der Waals surface area contributed by atoms with E-state index in [2.05, 4.69) is 0 Å². The van der Waals surface area contributed by atoms with Crippen LogP contribution in [0.15, 0.2) is 133 Å². The largest absolute Gasteiger partial charge is 0.490 e. The van der Waals surface area contributed by atoms with Crippen LogP contribution in [-0.2, 0) is 22.8 Å². The molecule has 1 fully saturated rings. The number of nitrogens with zero attached hydrogens (tertiary/aromatic N) is 2. The smallest absolute Gasteiger partial charge is 0.343 e. The van der Waals surface area contributed by atoms with Crippen LogP contribution in [0.2, 0.25) is 5.02 Å². The number of carbonyl (C=O) groups excluding carboxylic acids is 3. The molecule has 0 bridgehead atoms. The first-order chi connectivity index (χ1) is 23.4. The van der Waals surface area contributed by atoms with Gasteiger partial charge in [0.2, 0.25) is 0 Å². The molecule has 6 rings (SSSR count). The molecule has 0 saturated carbocycles. The Morgan fingerprint density at radius 1 is 0.583 bits per heavy atom. The zero-order chi connectivity index (χ0) is 33.5. The molecule has 4 amide bonds. The Kier molecular flexibility index (Phi) is 9.83. The van der Waals surface area contributed by atoms with Crippen molar-refractivity contribution in [1.29, 1.82) is 0 Å². The molecule has 8 nitrogen and oxygen atoms in total. The Morgan fingerprint density at radius 2 is 1.12 bits per heavy atom. The Bertz CT molecular complexity index is 1900. The lowest BCUT2D eigenvalue weighted by Crippen LogP contribution is -2.57. The summed E-state index contributed by atoms with van der Waals surface area (Å²) in [6.45, 7) is 2.89. The van der Waals surface area contributed by atoms with Crippen LogP contribution in [0.25, 0.3) is 6.08 Å². The first kappa shape index (κ1) is 32.1. The molecule has 1 saturated heterocycles. The molecule has 0 radical (unpaired) electrons. The van der Waals surface area contributed by atoms with Gasteiger partial charge in [0.05, 0.1) is 18.0 Å². The standard InChI is InChI=1S/C39H31ClN2O6/c1-2-46-36-22-28(18-20-35(36)48-25-27-12-6-3-7-13-27)26-47-34-21-19-30(40)23-29(34)24-33-37(43)41(31-14-8-4-9-15-31)39(45)42(38(33)44)32-16-10-5-11-17-32/h3-24H,2,25-26H2,1H3. The van der Waals surface area contributed by atoms with Crippen LogP contribution in [-0.4, -0.2) is 24.5 Å². The predicted molar refractivity (Wildman–Crippen MR) is 185 cm³/mol. The number of anilines is 2. The van der Waals surface area contributed by atoms with E-state index in [4.69, 9.17) is 25.8 Å². The number of rotatable bonds is 11. The maximum Gasteiger partial charge on any atom is 0.343 e. The van der Waals surface area contributed by atoms with Crippen LogP contribution in [0.5, 0.6) is 17.2 Å². The Hall–Kier alpha value is -5.86. The van der Waals surface area contributed by atoms with Gasteiger partial charge < -0.3 is 14.2 Å². The highest BCUT2D eigenvalue weighted by Crippen LogP contribution is 2.34. The fraction of sp³-hybridized carbons (Fsp3) is 0.103. The highest BCUT2D eigenvalue weighted by Gasteiger charge is 2.43. The van der Waals surface area contributed by atoms with Crippen molar-refractivity contribution in [3.05, 3.63) is 155 Å². The van der Waals surface area contributed by atoms with Crippen molar-refractivity contribution in [3.8, 4) is 17.2 Å². The van der Waals surface area contributed by atoms with Gasteiger partial charge in [0.15, 0.2) is 11.5 Å². The van der Waals surface area contributed by atoms with E-state index in [0.29, 0.717) is 52.4 Å². The maximum absolute atomic E-state index is 13.9. The third kappa shape index (κ3) is 7.09. The Morgan fingerprint density at radius 3 is 1.73 bits per heavy atom. The summed E-state index contributed by atoms with van der Waals surface area (Å²) in [5.74, 6) is 0.0435. The van der Waals surface area contributed by atoms with Gasteiger partial charge in [-0.25, -0.2) is 14.6 Å². The molecule has 240 valence electrons. The Labute approximate surface area is 283 Å². The molecule has 0 aliphatic carbocycles. The molecule has 5 aromatic carbocycles. The number of imide groups is 2. The van der Waals surface area contributed by atoms with Crippen molar-refractivity contribution in [2.45, 2.75) is 20.1 Å². The molecule has 48 heavy (non-hydrogen) atoms. The predicted octanol–water partition coefficient (Wildman–Crippen LogP) is 8.48. The topological polar surface area (TPSA) is 85.4 Å². The molecule has 1 aliphatic heterocycles. The second kappa shape index (κ2) is 14.7. The highest BCUT2D eigenvalue weighted by molar-refractivity contribution is 6.46. The number of para-hydroxylation sites is 2. The van der Waals surface area contributed by atoms with Gasteiger partial charge in [-0.15, -0.1) is 0 Å². The van der Waals surface area contributed by atoms with Crippen molar-refractivity contribution < 1.29 is 28.6 Å². The van der Waals surface area contributed by atoms with E-state index in [1.54, 1.807) is 78.9 Å².